The number of carbonyl (C=O) groups excluding carboxylic acids is 1. The van der Waals surface area contributed by atoms with Gasteiger partial charge in [0.1, 0.15) is 0 Å². The average molecular weight is 423 g/mol. The summed E-state index contributed by atoms with van der Waals surface area (Å²) in [6.07, 6.45) is 0.518. The molecule has 0 unspecified atom stereocenters. The van der Waals surface area contributed by atoms with Crippen LogP contribution in [0.25, 0.3) is 0 Å². The van der Waals surface area contributed by atoms with Crippen molar-refractivity contribution >= 4 is 23.0 Å². The zero-order valence-corrected chi connectivity index (χ0v) is 18.4. The Morgan fingerprint density at radius 3 is 2.61 bits per heavy atom. The molecule has 7 heteroatoms. The summed E-state index contributed by atoms with van der Waals surface area (Å²) in [6.45, 7) is 9.23. The van der Waals surface area contributed by atoms with Crippen LogP contribution in [0.15, 0.2) is 42.5 Å². The van der Waals surface area contributed by atoms with Gasteiger partial charge in [-0.1, -0.05) is 31.5 Å². The van der Waals surface area contributed by atoms with Crippen LogP contribution in [-0.4, -0.2) is 43.1 Å². The van der Waals surface area contributed by atoms with E-state index < -0.39 is 0 Å². The Hall–Kier alpha value is -3.09. The summed E-state index contributed by atoms with van der Waals surface area (Å²) in [4.78, 5) is 28.7. The molecule has 0 spiro atoms. The fourth-order valence-corrected chi connectivity index (χ4v) is 4.65. The molecule has 31 heavy (non-hydrogen) atoms. The Labute approximate surface area is 183 Å². The first-order valence-corrected chi connectivity index (χ1v) is 11.0. The third-order valence-corrected chi connectivity index (χ3v) is 6.33. The van der Waals surface area contributed by atoms with E-state index in [0.29, 0.717) is 18.9 Å². The third-order valence-electron chi connectivity index (χ3n) is 6.33. The highest BCUT2D eigenvalue weighted by molar-refractivity contribution is 5.82. The largest absolute Gasteiger partial charge is 0.368 e. The quantitative estimate of drug-likeness (QED) is 0.589. The Bertz CT molecular complexity index is 973. The van der Waals surface area contributed by atoms with Crippen molar-refractivity contribution in [1.29, 1.82) is 0 Å². The van der Waals surface area contributed by atoms with Gasteiger partial charge in [0.2, 0.25) is 5.91 Å². The molecule has 4 rings (SSSR count). The number of nitro benzene ring substituents is 1. The molecule has 2 heterocycles. The second-order valence-corrected chi connectivity index (χ2v) is 9.06. The van der Waals surface area contributed by atoms with Gasteiger partial charge in [-0.3, -0.25) is 14.9 Å². The van der Waals surface area contributed by atoms with Crippen molar-refractivity contribution in [3.8, 4) is 0 Å². The maximum absolute atomic E-state index is 13.2. The second-order valence-electron chi connectivity index (χ2n) is 9.06. The average Bonchev–Trinajstić information content (AvgIpc) is 2.76. The maximum Gasteiger partial charge on any atom is 0.269 e. The molecule has 164 valence electrons. The number of nitro groups is 1. The van der Waals surface area contributed by atoms with Crippen LogP contribution in [0.3, 0.4) is 0 Å². The highest BCUT2D eigenvalue weighted by Crippen LogP contribution is 2.38. The van der Waals surface area contributed by atoms with Crippen LogP contribution in [0.1, 0.15) is 25.0 Å². The number of nitrogens with zero attached hydrogens (tertiary/aromatic N) is 3. The van der Waals surface area contributed by atoms with E-state index in [9.17, 15) is 14.9 Å². The van der Waals surface area contributed by atoms with E-state index >= 15 is 0 Å². The van der Waals surface area contributed by atoms with Crippen LogP contribution in [-0.2, 0) is 11.2 Å². The van der Waals surface area contributed by atoms with Crippen molar-refractivity contribution in [1.82, 2.24) is 5.32 Å². The summed E-state index contributed by atoms with van der Waals surface area (Å²) in [5.74, 6) is 0.153. The van der Waals surface area contributed by atoms with E-state index in [1.807, 2.05) is 6.07 Å². The topological polar surface area (TPSA) is 78.7 Å². The molecule has 0 radical (unpaired) electrons. The summed E-state index contributed by atoms with van der Waals surface area (Å²) in [5.41, 5.74) is 4.38. The van der Waals surface area contributed by atoms with E-state index in [1.165, 1.54) is 11.3 Å². The molecule has 2 aromatic carbocycles. The number of amides is 1. The van der Waals surface area contributed by atoms with E-state index in [0.717, 1.165) is 30.9 Å². The van der Waals surface area contributed by atoms with Crippen molar-refractivity contribution in [2.75, 3.05) is 36.0 Å². The lowest BCUT2D eigenvalue weighted by Gasteiger charge is -2.49. The molecule has 1 fully saturated rings. The van der Waals surface area contributed by atoms with Gasteiger partial charge in [0.25, 0.3) is 5.69 Å². The number of anilines is 2. The summed E-state index contributed by atoms with van der Waals surface area (Å²) in [5, 5.41) is 14.4. The number of hydrogen-bond acceptors (Lipinski definition) is 5. The monoisotopic (exact) mass is 422 g/mol. The first-order chi connectivity index (χ1) is 14.8. The molecule has 1 saturated heterocycles. The van der Waals surface area contributed by atoms with E-state index in [1.54, 1.807) is 12.1 Å². The number of hydrogen-bond donors (Lipinski definition) is 1. The lowest BCUT2D eigenvalue weighted by Crippen LogP contribution is -2.61. The third kappa shape index (κ3) is 4.36. The molecule has 0 saturated carbocycles. The minimum atomic E-state index is -0.366. The number of nitrogens with one attached hydrogen (secondary N) is 1. The van der Waals surface area contributed by atoms with Crippen molar-refractivity contribution in [3.05, 3.63) is 63.7 Å². The molecule has 2 aliphatic rings. The van der Waals surface area contributed by atoms with Gasteiger partial charge in [0.15, 0.2) is 0 Å². The molecular weight excluding hydrogens is 392 g/mol. The Kier molecular flexibility index (Phi) is 5.85. The molecule has 0 aliphatic carbocycles. The van der Waals surface area contributed by atoms with E-state index in [2.05, 4.69) is 60.2 Å². The van der Waals surface area contributed by atoms with Crippen LogP contribution in [0.5, 0.6) is 0 Å². The number of piperazine rings is 1. The molecular formula is C24H30N4O3. The van der Waals surface area contributed by atoms with Gasteiger partial charge >= 0.3 is 0 Å². The first-order valence-electron chi connectivity index (χ1n) is 11.0. The summed E-state index contributed by atoms with van der Waals surface area (Å²) < 4.78 is 0. The maximum atomic E-state index is 13.2. The molecule has 1 amide bonds. The number of aryl methyl sites for hydroxylation is 1. The number of fused-ring (bicyclic) bond motifs is 3. The SMILES string of the molecule is Cc1ccc(N2CCN3c4ccc([N+](=O)[O-])cc4C[C@H](C(=O)NCC(C)C)[C@H]3C2)cc1. The minimum absolute atomic E-state index is 0.0242. The smallest absolute Gasteiger partial charge is 0.269 e. The Morgan fingerprint density at radius 2 is 1.94 bits per heavy atom. The van der Waals surface area contributed by atoms with Crippen molar-refractivity contribution < 1.29 is 9.72 Å². The predicted octanol–water partition coefficient (Wildman–Crippen LogP) is 3.54. The Balaban J connectivity index is 1.65. The van der Waals surface area contributed by atoms with Crippen LogP contribution < -0.4 is 15.1 Å². The number of carbonyl (C=O) groups is 1. The lowest BCUT2D eigenvalue weighted by atomic mass is 9.83. The Morgan fingerprint density at radius 1 is 1.19 bits per heavy atom. The fraction of sp³-hybridized carbons (Fsp3) is 0.458. The van der Waals surface area contributed by atoms with Gasteiger partial charge in [-0.15, -0.1) is 0 Å². The highest BCUT2D eigenvalue weighted by Gasteiger charge is 2.42. The number of rotatable bonds is 5. The summed E-state index contributed by atoms with van der Waals surface area (Å²) >= 11 is 0. The van der Waals surface area contributed by atoms with Crippen molar-refractivity contribution in [2.24, 2.45) is 11.8 Å². The standard InChI is InChI=1S/C24H30N4O3/c1-16(2)14-25-24(29)21-13-18-12-20(28(30)31)8-9-22(18)27-11-10-26(15-23(21)27)19-6-4-17(3)5-7-19/h4-9,12,16,21,23H,10-11,13-15H2,1-3H3,(H,25,29)/t21-,23+/m0/s1. The molecule has 2 aliphatic heterocycles. The molecule has 2 aromatic rings. The second kappa shape index (κ2) is 8.57. The lowest BCUT2D eigenvalue weighted by molar-refractivity contribution is -0.384. The van der Waals surface area contributed by atoms with Gasteiger partial charge in [0, 0.05) is 49.7 Å². The van der Waals surface area contributed by atoms with Crippen LogP contribution >= 0.6 is 0 Å². The van der Waals surface area contributed by atoms with Crippen LogP contribution in [0.2, 0.25) is 0 Å². The van der Waals surface area contributed by atoms with Crippen molar-refractivity contribution in [3.63, 3.8) is 0 Å². The zero-order valence-electron chi connectivity index (χ0n) is 18.4. The predicted molar refractivity (Wildman–Crippen MR) is 123 cm³/mol. The molecule has 0 aromatic heterocycles. The summed E-state index contributed by atoms with van der Waals surface area (Å²) in [7, 11) is 0. The zero-order chi connectivity index (χ0) is 22.1. The number of non-ortho nitro benzene ring substituents is 1. The van der Waals surface area contributed by atoms with Crippen molar-refractivity contribution in [2.45, 2.75) is 33.2 Å². The minimum Gasteiger partial charge on any atom is -0.368 e. The number of benzene rings is 2. The van der Waals surface area contributed by atoms with Crippen LogP contribution in [0.4, 0.5) is 17.1 Å². The fourth-order valence-electron chi connectivity index (χ4n) is 4.65. The molecule has 1 N–H and O–H groups in total. The summed E-state index contributed by atoms with van der Waals surface area (Å²) in [6, 6.07) is 13.6. The van der Waals surface area contributed by atoms with Gasteiger partial charge < -0.3 is 15.1 Å². The van der Waals surface area contributed by atoms with Crippen LogP contribution in [0, 0.1) is 28.9 Å². The molecule has 0 bridgehead atoms. The highest BCUT2D eigenvalue weighted by atomic mass is 16.6. The normalized spacial score (nSPS) is 20.3. The van der Waals surface area contributed by atoms with Gasteiger partial charge in [-0.25, -0.2) is 0 Å². The molecule has 2 atom stereocenters. The molecule has 7 nitrogen and oxygen atoms in total. The van der Waals surface area contributed by atoms with Gasteiger partial charge in [-0.05, 0) is 43.0 Å². The van der Waals surface area contributed by atoms with E-state index in [-0.39, 0.29) is 28.5 Å². The van der Waals surface area contributed by atoms with Gasteiger partial charge in [-0.2, -0.15) is 0 Å². The van der Waals surface area contributed by atoms with Gasteiger partial charge in [0.05, 0.1) is 16.9 Å². The van der Waals surface area contributed by atoms with E-state index in [4.69, 9.17) is 0 Å². The first kappa shape index (κ1) is 21.2.